The number of carbonyl (C=O) groups excluding carboxylic acids is 2. The Morgan fingerprint density at radius 3 is 2.62 bits per heavy atom. The molecule has 2 aromatic rings. The number of aryl methyl sites for hydroxylation is 1. The van der Waals surface area contributed by atoms with Crippen molar-refractivity contribution in [2.45, 2.75) is 20.3 Å². The topological polar surface area (TPSA) is 65.0 Å². The van der Waals surface area contributed by atoms with Crippen LogP contribution >= 0.6 is 22.6 Å². The lowest BCUT2D eigenvalue weighted by molar-refractivity contribution is -0.134. The Hall–Kier alpha value is -2.48. The van der Waals surface area contributed by atoms with E-state index in [4.69, 9.17) is 9.47 Å². The van der Waals surface area contributed by atoms with E-state index in [2.05, 4.69) is 27.6 Å². The quantitative estimate of drug-likeness (QED) is 0.296. The van der Waals surface area contributed by atoms with Crippen molar-refractivity contribution in [3.8, 4) is 5.75 Å². The smallest absolute Gasteiger partial charge is 0.363 e. The van der Waals surface area contributed by atoms with Crippen molar-refractivity contribution in [2.24, 2.45) is 4.99 Å². The first-order valence-electron chi connectivity index (χ1n) is 8.06. The number of ether oxygens (including phenoxy) is 2. The van der Waals surface area contributed by atoms with E-state index in [1.165, 1.54) is 0 Å². The van der Waals surface area contributed by atoms with E-state index in [1.807, 2.05) is 25.1 Å². The molecule has 0 atom stereocenters. The number of halogens is 1. The van der Waals surface area contributed by atoms with Gasteiger partial charge in [0, 0.05) is 15.6 Å². The maximum Gasteiger partial charge on any atom is 0.363 e. The average molecular weight is 461 g/mol. The minimum absolute atomic E-state index is 0.231. The van der Waals surface area contributed by atoms with Crippen LogP contribution in [0, 0.1) is 10.5 Å². The molecule has 0 spiro atoms. The van der Waals surface area contributed by atoms with Crippen LogP contribution in [-0.2, 0) is 14.3 Å². The highest BCUT2D eigenvalue weighted by Crippen LogP contribution is 2.22. The van der Waals surface area contributed by atoms with Crippen molar-refractivity contribution in [3.05, 3.63) is 68.4 Å². The van der Waals surface area contributed by atoms with Gasteiger partial charge in [-0.15, -0.1) is 0 Å². The number of benzene rings is 2. The molecule has 0 radical (unpaired) electrons. The Morgan fingerprint density at radius 2 is 1.96 bits per heavy atom. The van der Waals surface area contributed by atoms with Gasteiger partial charge in [0.2, 0.25) is 5.90 Å². The van der Waals surface area contributed by atoms with E-state index in [0.29, 0.717) is 18.1 Å². The zero-order valence-electron chi connectivity index (χ0n) is 14.3. The molecule has 0 saturated heterocycles. The zero-order chi connectivity index (χ0) is 18.7. The van der Waals surface area contributed by atoms with Crippen LogP contribution in [0.5, 0.6) is 5.75 Å². The van der Waals surface area contributed by atoms with Crippen molar-refractivity contribution < 1.29 is 19.1 Å². The van der Waals surface area contributed by atoms with Gasteiger partial charge >= 0.3 is 11.9 Å². The van der Waals surface area contributed by atoms with Gasteiger partial charge < -0.3 is 9.47 Å². The molecule has 1 aliphatic heterocycles. The van der Waals surface area contributed by atoms with Gasteiger partial charge in [-0.25, -0.2) is 9.79 Å². The maximum absolute atomic E-state index is 12.1. The Bertz CT molecular complexity index is 929. The maximum atomic E-state index is 12.1. The number of carbonyl (C=O) groups is 2. The largest absolute Gasteiger partial charge is 0.427 e. The Balaban J connectivity index is 1.82. The van der Waals surface area contributed by atoms with Crippen LogP contribution in [-0.4, -0.2) is 17.8 Å². The number of esters is 2. The second kappa shape index (κ2) is 7.82. The number of aliphatic imine (C=N–C) groups is 1. The molecule has 3 rings (SSSR count). The molecule has 0 fully saturated rings. The fourth-order valence-corrected chi connectivity index (χ4v) is 2.64. The number of hydrogen-bond donors (Lipinski definition) is 0. The molecule has 2 aromatic carbocycles. The van der Waals surface area contributed by atoms with E-state index >= 15 is 0 Å². The van der Waals surface area contributed by atoms with Crippen molar-refractivity contribution in [1.82, 2.24) is 0 Å². The highest BCUT2D eigenvalue weighted by Gasteiger charge is 2.24. The first-order chi connectivity index (χ1) is 12.5. The summed E-state index contributed by atoms with van der Waals surface area (Å²) in [7, 11) is 0. The third-order valence-corrected chi connectivity index (χ3v) is 4.94. The van der Waals surface area contributed by atoms with Crippen LogP contribution in [0.15, 0.2) is 53.2 Å². The lowest BCUT2D eigenvalue weighted by atomic mass is 10.1. The normalized spacial score (nSPS) is 15.0. The predicted octanol–water partition coefficient (Wildman–Crippen LogP) is 4.26. The van der Waals surface area contributed by atoms with Crippen molar-refractivity contribution >= 4 is 46.5 Å². The number of rotatable bonds is 4. The van der Waals surface area contributed by atoms with Crippen molar-refractivity contribution in [2.75, 3.05) is 0 Å². The van der Waals surface area contributed by atoms with E-state index in [0.717, 1.165) is 20.3 Å². The molecule has 6 heteroatoms. The van der Waals surface area contributed by atoms with Crippen LogP contribution in [0.3, 0.4) is 0 Å². The third kappa shape index (κ3) is 4.19. The fourth-order valence-electron chi connectivity index (χ4n) is 2.30. The minimum Gasteiger partial charge on any atom is -0.427 e. The van der Waals surface area contributed by atoms with Gasteiger partial charge in [0.05, 0.1) is 0 Å². The highest BCUT2D eigenvalue weighted by molar-refractivity contribution is 14.1. The van der Waals surface area contributed by atoms with E-state index in [-0.39, 0.29) is 11.7 Å². The molecule has 132 valence electrons. The molecule has 0 unspecified atom stereocenters. The molecular formula is C20H16INO4. The molecule has 0 saturated carbocycles. The number of hydrogen-bond acceptors (Lipinski definition) is 5. The summed E-state index contributed by atoms with van der Waals surface area (Å²) in [5.41, 5.74) is 2.85. The lowest BCUT2D eigenvalue weighted by Gasteiger charge is -2.02. The van der Waals surface area contributed by atoms with E-state index in [9.17, 15) is 9.59 Å². The number of nitrogens with zero attached hydrogens (tertiary/aromatic N) is 1. The average Bonchev–Trinajstić information content (AvgIpc) is 2.99. The summed E-state index contributed by atoms with van der Waals surface area (Å²) in [5.74, 6) is -0.0176. The Kier molecular flexibility index (Phi) is 5.51. The molecule has 0 N–H and O–H groups in total. The summed E-state index contributed by atoms with van der Waals surface area (Å²) >= 11 is 2.25. The fraction of sp³-hybridized carbons (Fsp3) is 0.150. The molecule has 0 bridgehead atoms. The summed E-state index contributed by atoms with van der Waals surface area (Å²) in [6.07, 6.45) is 1.95. The highest BCUT2D eigenvalue weighted by atomic mass is 127. The summed E-state index contributed by atoms with van der Waals surface area (Å²) in [6.45, 7) is 3.73. The van der Waals surface area contributed by atoms with Gasteiger partial charge in [-0.2, -0.15) is 0 Å². The Morgan fingerprint density at radius 1 is 1.23 bits per heavy atom. The van der Waals surface area contributed by atoms with Gasteiger partial charge in [-0.1, -0.05) is 19.1 Å². The lowest BCUT2D eigenvalue weighted by Crippen LogP contribution is -2.06. The van der Waals surface area contributed by atoms with Crippen molar-refractivity contribution in [1.29, 1.82) is 0 Å². The van der Waals surface area contributed by atoms with Gasteiger partial charge in [0.25, 0.3) is 0 Å². The van der Waals surface area contributed by atoms with E-state index < -0.39 is 5.97 Å². The predicted molar refractivity (Wildman–Crippen MR) is 107 cm³/mol. The third-order valence-electron chi connectivity index (χ3n) is 3.73. The Labute approximate surface area is 164 Å². The summed E-state index contributed by atoms with van der Waals surface area (Å²) < 4.78 is 11.5. The number of cyclic esters (lactones) is 1. The SMILES string of the molecule is CCC(=O)Oc1ccc(/C=C2\N=C(c3ccc(I)c(C)c3)OC2=O)cc1. The van der Waals surface area contributed by atoms with Crippen LogP contribution in [0.1, 0.15) is 30.0 Å². The van der Waals surface area contributed by atoms with Crippen LogP contribution in [0.2, 0.25) is 0 Å². The van der Waals surface area contributed by atoms with Crippen LogP contribution in [0.25, 0.3) is 6.08 Å². The van der Waals surface area contributed by atoms with Gasteiger partial charge in [0.1, 0.15) is 5.75 Å². The van der Waals surface area contributed by atoms with Gasteiger partial charge in [-0.05, 0) is 77.0 Å². The summed E-state index contributed by atoms with van der Waals surface area (Å²) in [5, 5.41) is 0. The molecule has 1 aliphatic rings. The molecular weight excluding hydrogens is 445 g/mol. The van der Waals surface area contributed by atoms with E-state index in [1.54, 1.807) is 37.3 Å². The molecule has 0 amide bonds. The van der Waals surface area contributed by atoms with Crippen LogP contribution < -0.4 is 4.74 Å². The molecule has 5 nitrogen and oxygen atoms in total. The zero-order valence-corrected chi connectivity index (χ0v) is 16.4. The standard InChI is InChI=1S/C20H16INO4/c1-3-18(23)25-15-7-4-13(5-8-15)11-17-20(24)26-19(22-17)14-6-9-16(21)12(2)10-14/h4-11H,3H2,1-2H3/b17-11-. The van der Waals surface area contributed by atoms with Gasteiger partial charge in [-0.3, -0.25) is 4.79 Å². The molecule has 0 aliphatic carbocycles. The molecule has 1 heterocycles. The second-order valence-electron chi connectivity index (χ2n) is 5.70. The molecule has 0 aromatic heterocycles. The monoisotopic (exact) mass is 461 g/mol. The van der Waals surface area contributed by atoms with Crippen molar-refractivity contribution in [3.63, 3.8) is 0 Å². The summed E-state index contributed by atoms with van der Waals surface area (Å²) in [4.78, 5) is 27.7. The first-order valence-corrected chi connectivity index (χ1v) is 9.14. The summed E-state index contributed by atoms with van der Waals surface area (Å²) in [6, 6.07) is 12.6. The second-order valence-corrected chi connectivity index (χ2v) is 6.86. The van der Waals surface area contributed by atoms with Crippen LogP contribution in [0.4, 0.5) is 0 Å². The van der Waals surface area contributed by atoms with Gasteiger partial charge in [0.15, 0.2) is 5.70 Å². The minimum atomic E-state index is -0.488. The molecule has 26 heavy (non-hydrogen) atoms. The first kappa shape index (κ1) is 18.3.